The zero-order valence-electron chi connectivity index (χ0n) is 10.0. The molecular weight excluding hydrogens is 239 g/mol. The highest BCUT2D eigenvalue weighted by Crippen LogP contribution is 2.13. The van der Waals surface area contributed by atoms with Gasteiger partial charge in [0.15, 0.2) is 0 Å². The van der Waals surface area contributed by atoms with E-state index in [1.165, 1.54) is 23.1 Å². The van der Waals surface area contributed by atoms with Crippen LogP contribution in [0.15, 0.2) is 18.2 Å². The van der Waals surface area contributed by atoms with E-state index in [0.29, 0.717) is 11.1 Å². The summed E-state index contributed by atoms with van der Waals surface area (Å²) in [7, 11) is 1.62. The molecule has 0 aromatic heterocycles. The molecule has 1 unspecified atom stereocenters. The van der Waals surface area contributed by atoms with Gasteiger partial charge in [-0.15, -0.1) is 0 Å². The lowest BCUT2D eigenvalue weighted by molar-refractivity contribution is 0.0778. The number of aryl methyl sites for hydroxylation is 1. The second-order valence-corrected chi connectivity index (χ2v) is 4.43. The third kappa shape index (κ3) is 3.00. The van der Waals surface area contributed by atoms with Crippen LogP contribution in [0.2, 0.25) is 0 Å². The quantitative estimate of drug-likeness (QED) is 0.838. The largest absolute Gasteiger partial charge is 0.392 e. The number of benzene rings is 1. The molecule has 92 valence electrons. The van der Waals surface area contributed by atoms with E-state index < -0.39 is 0 Å². The Balaban J connectivity index is 3.00. The molecule has 3 nitrogen and oxygen atoms in total. The van der Waals surface area contributed by atoms with Crippen molar-refractivity contribution in [2.75, 3.05) is 7.05 Å². The predicted molar refractivity (Wildman–Crippen MR) is 69.5 cm³/mol. The number of carbonyl (C=O) groups excluding carboxylic acids is 1. The van der Waals surface area contributed by atoms with Crippen LogP contribution in [0.4, 0.5) is 4.39 Å². The van der Waals surface area contributed by atoms with Gasteiger partial charge in [-0.3, -0.25) is 4.79 Å². The van der Waals surface area contributed by atoms with E-state index >= 15 is 0 Å². The average molecular weight is 254 g/mol. The van der Waals surface area contributed by atoms with Crippen LogP contribution in [0.1, 0.15) is 22.8 Å². The van der Waals surface area contributed by atoms with Crippen LogP contribution >= 0.6 is 12.2 Å². The highest BCUT2D eigenvalue weighted by molar-refractivity contribution is 7.80. The zero-order valence-corrected chi connectivity index (χ0v) is 10.8. The lowest BCUT2D eigenvalue weighted by Crippen LogP contribution is -2.42. The minimum absolute atomic E-state index is 0.220. The fraction of sp³-hybridized carbons (Fsp3) is 0.333. The first-order valence-electron chi connectivity index (χ1n) is 5.17. The van der Waals surface area contributed by atoms with Crippen molar-refractivity contribution in [3.8, 4) is 0 Å². The van der Waals surface area contributed by atoms with E-state index in [4.69, 9.17) is 18.0 Å². The van der Waals surface area contributed by atoms with Gasteiger partial charge in [0, 0.05) is 12.6 Å². The van der Waals surface area contributed by atoms with E-state index in [9.17, 15) is 9.18 Å². The fourth-order valence-corrected chi connectivity index (χ4v) is 1.58. The summed E-state index contributed by atoms with van der Waals surface area (Å²) >= 11 is 4.84. The molecule has 0 saturated heterocycles. The number of amides is 1. The molecule has 1 rings (SSSR count). The van der Waals surface area contributed by atoms with Gasteiger partial charge in [-0.25, -0.2) is 4.39 Å². The number of likely N-dealkylation sites (N-methyl/N-ethyl adjacent to an activating group) is 1. The van der Waals surface area contributed by atoms with E-state index in [-0.39, 0.29) is 22.8 Å². The molecule has 0 bridgehead atoms. The van der Waals surface area contributed by atoms with Crippen LogP contribution in [0, 0.1) is 12.7 Å². The van der Waals surface area contributed by atoms with Crippen molar-refractivity contribution in [1.29, 1.82) is 0 Å². The minimum atomic E-state index is -0.357. The molecule has 1 atom stereocenters. The van der Waals surface area contributed by atoms with Crippen molar-refractivity contribution >= 4 is 23.1 Å². The highest BCUT2D eigenvalue weighted by Gasteiger charge is 2.20. The topological polar surface area (TPSA) is 46.3 Å². The molecule has 5 heteroatoms. The smallest absolute Gasteiger partial charge is 0.254 e. The summed E-state index contributed by atoms with van der Waals surface area (Å²) in [4.78, 5) is 13.8. The maximum absolute atomic E-state index is 12.9. The Morgan fingerprint density at radius 3 is 2.59 bits per heavy atom. The minimum Gasteiger partial charge on any atom is -0.392 e. The maximum atomic E-state index is 12.9. The monoisotopic (exact) mass is 254 g/mol. The van der Waals surface area contributed by atoms with E-state index in [2.05, 4.69) is 0 Å². The number of rotatable bonds is 3. The third-order valence-electron chi connectivity index (χ3n) is 2.73. The molecule has 0 fully saturated rings. The Hall–Kier alpha value is -1.49. The van der Waals surface area contributed by atoms with E-state index in [1.807, 2.05) is 0 Å². The van der Waals surface area contributed by atoms with Gasteiger partial charge in [0.05, 0.1) is 11.0 Å². The lowest BCUT2D eigenvalue weighted by atomic mass is 10.1. The van der Waals surface area contributed by atoms with Gasteiger partial charge >= 0.3 is 0 Å². The third-order valence-corrected chi connectivity index (χ3v) is 3.07. The highest BCUT2D eigenvalue weighted by atomic mass is 32.1. The summed E-state index contributed by atoms with van der Waals surface area (Å²) in [6.07, 6.45) is 0. The van der Waals surface area contributed by atoms with Crippen molar-refractivity contribution in [1.82, 2.24) is 4.90 Å². The Bertz CT molecular complexity index is 462. The first kappa shape index (κ1) is 13.6. The number of halogens is 1. The number of nitrogens with two attached hydrogens (primary N) is 1. The number of thiocarbonyl (C=S) groups is 1. The summed E-state index contributed by atoms with van der Waals surface area (Å²) in [5, 5.41) is 0. The van der Waals surface area contributed by atoms with Gasteiger partial charge in [0.1, 0.15) is 5.82 Å². The standard InChI is InChI=1S/C12H15FN2OS/c1-7-6-9(13)4-5-10(7)12(16)15(3)8(2)11(14)17/h4-6,8H,1-3H3,(H2,14,17). The first-order chi connectivity index (χ1) is 7.84. The molecule has 1 amide bonds. The van der Waals surface area contributed by atoms with E-state index in [0.717, 1.165) is 0 Å². The van der Waals surface area contributed by atoms with Crippen molar-refractivity contribution in [3.05, 3.63) is 35.1 Å². The molecule has 0 aliphatic heterocycles. The molecule has 0 saturated carbocycles. The Labute approximate surface area is 105 Å². The summed E-state index contributed by atoms with van der Waals surface area (Å²) in [5.74, 6) is -0.577. The summed E-state index contributed by atoms with van der Waals surface area (Å²) in [6.45, 7) is 3.44. The first-order valence-corrected chi connectivity index (χ1v) is 5.58. The van der Waals surface area contributed by atoms with Crippen LogP contribution in [-0.4, -0.2) is 28.9 Å². The summed E-state index contributed by atoms with van der Waals surface area (Å²) < 4.78 is 12.9. The van der Waals surface area contributed by atoms with Gasteiger partial charge < -0.3 is 10.6 Å². The van der Waals surface area contributed by atoms with E-state index in [1.54, 1.807) is 20.9 Å². The Kier molecular flexibility index (Phi) is 4.17. The van der Waals surface area contributed by atoms with Gasteiger partial charge in [-0.05, 0) is 37.6 Å². The molecule has 0 aliphatic rings. The van der Waals surface area contributed by atoms with Gasteiger partial charge in [0.2, 0.25) is 0 Å². The van der Waals surface area contributed by atoms with Crippen LogP contribution in [0.25, 0.3) is 0 Å². The average Bonchev–Trinajstić information content (AvgIpc) is 2.26. The molecule has 0 spiro atoms. The second kappa shape index (κ2) is 5.23. The summed E-state index contributed by atoms with van der Waals surface area (Å²) in [5.41, 5.74) is 6.54. The molecular formula is C12H15FN2OS. The molecule has 0 aliphatic carbocycles. The maximum Gasteiger partial charge on any atom is 0.254 e. The summed E-state index contributed by atoms with van der Waals surface area (Å²) in [6, 6.07) is 3.73. The number of hydrogen-bond acceptors (Lipinski definition) is 2. The number of nitrogens with zero attached hydrogens (tertiary/aromatic N) is 1. The van der Waals surface area contributed by atoms with Gasteiger partial charge in [-0.2, -0.15) is 0 Å². The second-order valence-electron chi connectivity index (χ2n) is 3.95. The molecule has 1 aromatic carbocycles. The number of carbonyl (C=O) groups is 1. The van der Waals surface area contributed by atoms with Crippen molar-refractivity contribution in [2.45, 2.75) is 19.9 Å². The van der Waals surface area contributed by atoms with Crippen molar-refractivity contribution in [2.24, 2.45) is 5.73 Å². The lowest BCUT2D eigenvalue weighted by Gasteiger charge is -2.24. The Morgan fingerprint density at radius 2 is 2.12 bits per heavy atom. The SMILES string of the molecule is Cc1cc(F)ccc1C(=O)N(C)C(C)C(N)=S. The van der Waals surface area contributed by atoms with Gasteiger partial charge in [0.25, 0.3) is 5.91 Å². The Morgan fingerprint density at radius 1 is 1.53 bits per heavy atom. The molecule has 2 N–H and O–H groups in total. The normalized spacial score (nSPS) is 12.0. The van der Waals surface area contributed by atoms with Crippen molar-refractivity contribution in [3.63, 3.8) is 0 Å². The predicted octanol–water partition coefficient (Wildman–Crippen LogP) is 1.88. The van der Waals surface area contributed by atoms with Crippen LogP contribution < -0.4 is 5.73 Å². The molecule has 0 heterocycles. The van der Waals surface area contributed by atoms with Crippen LogP contribution in [0.3, 0.4) is 0 Å². The fourth-order valence-electron chi connectivity index (χ4n) is 1.42. The number of hydrogen-bond donors (Lipinski definition) is 1. The van der Waals surface area contributed by atoms with Gasteiger partial charge in [-0.1, -0.05) is 12.2 Å². The zero-order chi connectivity index (χ0) is 13.2. The molecule has 17 heavy (non-hydrogen) atoms. The van der Waals surface area contributed by atoms with Crippen LogP contribution in [0.5, 0.6) is 0 Å². The molecule has 0 radical (unpaired) electrons. The molecule has 1 aromatic rings. The van der Waals surface area contributed by atoms with Crippen LogP contribution in [-0.2, 0) is 0 Å². The van der Waals surface area contributed by atoms with Crippen molar-refractivity contribution < 1.29 is 9.18 Å².